The predicted octanol–water partition coefficient (Wildman–Crippen LogP) is 1.59. The molecule has 0 aliphatic rings. The van der Waals surface area contributed by atoms with Gasteiger partial charge in [0.2, 0.25) is 0 Å². The van der Waals surface area contributed by atoms with Crippen LogP contribution in [0.15, 0.2) is 18.2 Å². The van der Waals surface area contributed by atoms with E-state index in [0.29, 0.717) is 5.69 Å². The molecule has 5 heteroatoms. The van der Waals surface area contributed by atoms with Gasteiger partial charge in [0.25, 0.3) is 0 Å². The number of anilines is 1. The van der Waals surface area contributed by atoms with Crippen molar-refractivity contribution < 1.29 is 12.8 Å². The zero-order valence-corrected chi connectivity index (χ0v) is 9.57. The third-order valence-electron chi connectivity index (χ3n) is 1.91. The van der Waals surface area contributed by atoms with Gasteiger partial charge < -0.3 is 5.32 Å². The van der Waals surface area contributed by atoms with E-state index in [0.717, 1.165) is 11.8 Å². The van der Waals surface area contributed by atoms with Crippen LogP contribution in [0, 0.1) is 12.7 Å². The van der Waals surface area contributed by atoms with E-state index in [2.05, 4.69) is 5.32 Å². The van der Waals surface area contributed by atoms with Crippen LogP contribution in [0.1, 0.15) is 5.56 Å². The van der Waals surface area contributed by atoms with Gasteiger partial charge in [0.05, 0.1) is 11.4 Å². The second kappa shape index (κ2) is 4.61. The highest BCUT2D eigenvalue weighted by molar-refractivity contribution is 7.90. The minimum absolute atomic E-state index is 0.000314. The number of rotatable bonds is 4. The molecule has 0 fully saturated rings. The van der Waals surface area contributed by atoms with Crippen LogP contribution in [0.25, 0.3) is 0 Å². The Morgan fingerprint density at radius 1 is 1.40 bits per heavy atom. The zero-order chi connectivity index (χ0) is 11.5. The summed E-state index contributed by atoms with van der Waals surface area (Å²) in [6, 6.07) is 4.78. The van der Waals surface area contributed by atoms with Crippen molar-refractivity contribution in [1.29, 1.82) is 0 Å². The average molecular weight is 231 g/mol. The smallest absolute Gasteiger partial charge is 0.149 e. The van der Waals surface area contributed by atoms with Gasteiger partial charge in [-0.2, -0.15) is 0 Å². The van der Waals surface area contributed by atoms with E-state index in [1.54, 1.807) is 19.1 Å². The summed E-state index contributed by atoms with van der Waals surface area (Å²) >= 11 is 0. The molecule has 84 valence electrons. The van der Waals surface area contributed by atoms with Gasteiger partial charge in [-0.25, -0.2) is 12.8 Å². The van der Waals surface area contributed by atoms with Crippen LogP contribution in [0.4, 0.5) is 10.1 Å². The number of benzene rings is 1. The minimum atomic E-state index is -3.00. The Kier molecular flexibility index (Phi) is 3.68. The van der Waals surface area contributed by atoms with Gasteiger partial charge in [-0.05, 0) is 24.6 Å². The van der Waals surface area contributed by atoms with Gasteiger partial charge in [-0.1, -0.05) is 6.07 Å². The van der Waals surface area contributed by atoms with E-state index in [-0.39, 0.29) is 18.1 Å². The van der Waals surface area contributed by atoms with E-state index in [9.17, 15) is 12.8 Å². The van der Waals surface area contributed by atoms with Crippen LogP contribution >= 0.6 is 0 Å². The standard InChI is InChI=1S/C10H14FNO2S/c1-8-3-4-10(9(11)7-8)12-5-6-15(2,13)14/h3-4,7,12H,5-6H2,1-2H3. The van der Waals surface area contributed by atoms with Crippen LogP contribution in [-0.2, 0) is 9.84 Å². The number of hydrogen-bond donors (Lipinski definition) is 1. The monoisotopic (exact) mass is 231 g/mol. The van der Waals surface area contributed by atoms with Crippen LogP contribution in [0.5, 0.6) is 0 Å². The Hall–Kier alpha value is -1.10. The van der Waals surface area contributed by atoms with Gasteiger partial charge in [0, 0.05) is 12.8 Å². The lowest BCUT2D eigenvalue weighted by atomic mass is 10.2. The second-order valence-corrected chi connectivity index (χ2v) is 5.80. The Bertz CT molecular complexity index is 443. The highest BCUT2D eigenvalue weighted by atomic mass is 32.2. The summed E-state index contributed by atoms with van der Waals surface area (Å²) in [5.74, 6) is -0.358. The third-order valence-corrected chi connectivity index (χ3v) is 2.86. The predicted molar refractivity (Wildman–Crippen MR) is 59.3 cm³/mol. The number of hydrogen-bond acceptors (Lipinski definition) is 3. The molecular weight excluding hydrogens is 217 g/mol. The van der Waals surface area contributed by atoms with Gasteiger partial charge >= 0.3 is 0 Å². The Balaban J connectivity index is 2.59. The van der Waals surface area contributed by atoms with Crippen molar-refractivity contribution in [2.75, 3.05) is 23.9 Å². The van der Waals surface area contributed by atoms with Gasteiger partial charge in [-0.3, -0.25) is 0 Å². The average Bonchev–Trinajstić information content (AvgIpc) is 2.07. The summed E-state index contributed by atoms with van der Waals surface area (Å²) in [6.07, 6.45) is 1.15. The molecule has 0 saturated heterocycles. The second-order valence-electron chi connectivity index (χ2n) is 3.54. The minimum Gasteiger partial charge on any atom is -0.382 e. The lowest BCUT2D eigenvalue weighted by Gasteiger charge is -2.07. The molecule has 3 nitrogen and oxygen atoms in total. The van der Waals surface area contributed by atoms with Crippen LogP contribution in [-0.4, -0.2) is 27.0 Å². The summed E-state index contributed by atoms with van der Waals surface area (Å²) in [5.41, 5.74) is 1.17. The van der Waals surface area contributed by atoms with Gasteiger partial charge in [-0.15, -0.1) is 0 Å². The maximum absolute atomic E-state index is 13.3. The molecule has 1 rings (SSSR count). The van der Waals surface area contributed by atoms with Crippen molar-refractivity contribution in [2.24, 2.45) is 0 Å². The fourth-order valence-electron chi connectivity index (χ4n) is 1.13. The molecule has 0 aliphatic heterocycles. The van der Waals surface area contributed by atoms with E-state index in [1.165, 1.54) is 6.07 Å². The highest BCUT2D eigenvalue weighted by Gasteiger charge is 2.04. The maximum Gasteiger partial charge on any atom is 0.149 e. The molecule has 0 spiro atoms. The third kappa shape index (κ3) is 4.29. The van der Waals surface area contributed by atoms with E-state index in [4.69, 9.17) is 0 Å². The van der Waals surface area contributed by atoms with Crippen molar-refractivity contribution >= 4 is 15.5 Å². The molecular formula is C10H14FNO2S. The quantitative estimate of drug-likeness (QED) is 0.856. The molecule has 0 aliphatic carbocycles. The summed E-state index contributed by atoms with van der Waals surface area (Å²) in [7, 11) is -3.00. The van der Waals surface area contributed by atoms with Crippen LogP contribution in [0.2, 0.25) is 0 Å². The van der Waals surface area contributed by atoms with Crippen molar-refractivity contribution in [3.63, 3.8) is 0 Å². The number of aryl methyl sites for hydroxylation is 1. The van der Waals surface area contributed by atoms with Gasteiger partial charge in [0.1, 0.15) is 15.7 Å². The van der Waals surface area contributed by atoms with Crippen molar-refractivity contribution in [2.45, 2.75) is 6.92 Å². The fraction of sp³-hybridized carbons (Fsp3) is 0.400. The molecule has 1 aromatic carbocycles. The van der Waals surface area contributed by atoms with E-state index in [1.807, 2.05) is 0 Å². The molecule has 1 N–H and O–H groups in total. The van der Waals surface area contributed by atoms with Crippen molar-refractivity contribution in [3.8, 4) is 0 Å². The van der Waals surface area contributed by atoms with Crippen molar-refractivity contribution in [3.05, 3.63) is 29.6 Å². The van der Waals surface area contributed by atoms with Crippen LogP contribution in [0.3, 0.4) is 0 Å². The number of sulfone groups is 1. The maximum atomic E-state index is 13.3. The number of nitrogens with one attached hydrogen (secondary N) is 1. The Morgan fingerprint density at radius 2 is 2.07 bits per heavy atom. The SMILES string of the molecule is Cc1ccc(NCCS(C)(=O)=O)c(F)c1. The van der Waals surface area contributed by atoms with E-state index < -0.39 is 9.84 Å². The largest absolute Gasteiger partial charge is 0.382 e. The molecule has 0 heterocycles. The first-order valence-corrected chi connectivity index (χ1v) is 6.62. The van der Waals surface area contributed by atoms with Gasteiger partial charge in [0.15, 0.2) is 0 Å². The summed E-state index contributed by atoms with van der Waals surface area (Å²) < 4.78 is 34.9. The van der Waals surface area contributed by atoms with Crippen molar-refractivity contribution in [1.82, 2.24) is 0 Å². The molecule has 0 atom stereocenters. The topological polar surface area (TPSA) is 46.2 Å². The summed E-state index contributed by atoms with van der Waals surface area (Å²) in [4.78, 5) is 0. The highest BCUT2D eigenvalue weighted by Crippen LogP contribution is 2.14. The zero-order valence-electron chi connectivity index (χ0n) is 8.75. The first-order chi connectivity index (χ1) is 6.88. The fourth-order valence-corrected chi connectivity index (χ4v) is 1.61. The molecule has 1 aromatic rings. The normalized spacial score (nSPS) is 11.4. The molecule has 15 heavy (non-hydrogen) atoms. The first-order valence-electron chi connectivity index (χ1n) is 4.56. The molecule has 0 radical (unpaired) electrons. The van der Waals surface area contributed by atoms with Crippen LogP contribution < -0.4 is 5.32 Å². The van der Waals surface area contributed by atoms with E-state index >= 15 is 0 Å². The Morgan fingerprint density at radius 3 is 2.60 bits per heavy atom. The molecule has 0 bridgehead atoms. The molecule has 0 unspecified atom stereocenters. The number of halogens is 1. The summed E-state index contributed by atoms with van der Waals surface area (Å²) in [6.45, 7) is 2.02. The molecule has 0 saturated carbocycles. The Labute approximate surface area is 89.2 Å². The molecule has 0 aromatic heterocycles. The summed E-state index contributed by atoms with van der Waals surface area (Å²) in [5, 5.41) is 2.74. The first kappa shape index (κ1) is 12.0. The lowest BCUT2D eigenvalue weighted by Crippen LogP contribution is -2.14. The molecule has 0 amide bonds. The lowest BCUT2D eigenvalue weighted by molar-refractivity contribution is 0.601.